The Bertz CT molecular complexity index is 899. The second-order valence-electron chi connectivity index (χ2n) is 8.18. The van der Waals surface area contributed by atoms with Gasteiger partial charge in [-0.2, -0.15) is 0 Å². The quantitative estimate of drug-likeness (QED) is 0.778. The molecule has 0 amide bonds. The predicted molar refractivity (Wildman–Crippen MR) is 103 cm³/mol. The Kier molecular flexibility index (Phi) is 3.43. The molecule has 2 aliphatic rings. The van der Waals surface area contributed by atoms with Crippen LogP contribution in [0.3, 0.4) is 0 Å². The number of carbonyl (C=O) groups is 2. The first-order valence-electron chi connectivity index (χ1n) is 9.19. The summed E-state index contributed by atoms with van der Waals surface area (Å²) in [6.45, 7) is 7.59. The van der Waals surface area contributed by atoms with E-state index in [2.05, 4.69) is 24.3 Å². The van der Waals surface area contributed by atoms with E-state index in [9.17, 15) is 9.59 Å². The molecule has 0 unspecified atom stereocenters. The number of hydrogen-bond acceptors (Lipinski definition) is 2. The van der Waals surface area contributed by atoms with Gasteiger partial charge in [0, 0.05) is 10.8 Å². The summed E-state index contributed by atoms with van der Waals surface area (Å²) in [6, 6.07) is 20.4. The minimum atomic E-state index is -0.788. The lowest BCUT2D eigenvalue weighted by molar-refractivity contribution is -0.175. The number of benzene rings is 2. The second-order valence-corrected chi connectivity index (χ2v) is 8.18. The average Bonchev–Trinajstić information content (AvgIpc) is 2.69. The number of rotatable bonds is 2. The first-order valence-corrected chi connectivity index (χ1v) is 9.19. The second kappa shape index (κ2) is 5.26. The van der Waals surface area contributed by atoms with Gasteiger partial charge in [-0.1, -0.05) is 74.5 Å². The third kappa shape index (κ3) is 1.68. The molecule has 26 heavy (non-hydrogen) atoms. The van der Waals surface area contributed by atoms with Gasteiger partial charge in [-0.05, 0) is 42.5 Å². The Morgan fingerprint density at radius 2 is 1.12 bits per heavy atom. The van der Waals surface area contributed by atoms with Crippen LogP contribution in [0.2, 0.25) is 0 Å². The molecule has 2 heteroatoms. The summed E-state index contributed by atoms with van der Waals surface area (Å²) in [5, 5.41) is 0. The summed E-state index contributed by atoms with van der Waals surface area (Å²) in [5.41, 5.74) is 1.52. The molecule has 132 valence electrons. The lowest BCUT2D eigenvalue weighted by Gasteiger charge is -2.69. The molecule has 0 N–H and O–H groups in total. The van der Waals surface area contributed by atoms with Gasteiger partial charge in [-0.25, -0.2) is 0 Å². The summed E-state index contributed by atoms with van der Waals surface area (Å²) in [4.78, 5) is 26.8. The fraction of sp³-hybridized carbons (Fsp3) is 0.333. The van der Waals surface area contributed by atoms with Crippen LogP contribution in [0, 0.1) is 10.8 Å². The Hall–Kier alpha value is -2.48. The predicted octanol–water partition coefficient (Wildman–Crippen LogP) is 4.88. The molecule has 2 atom stereocenters. The molecule has 0 saturated heterocycles. The molecule has 0 heterocycles. The normalized spacial score (nSPS) is 30.0. The van der Waals surface area contributed by atoms with Gasteiger partial charge in [0.2, 0.25) is 0 Å². The van der Waals surface area contributed by atoms with E-state index in [1.165, 1.54) is 0 Å². The largest absolute Gasteiger partial charge is 0.294 e. The number of allylic oxidation sites excluding steroid dienone is 2. The molecule has 2 aliphatic carbocycles. The topological polar surface area (TPSA) is 34.1 Å². The lowest BCUT2D eigenvalue weighted by atomic mass is 9.30. The standard InChI is InChI=1S/C24H24O2/c1-16-17(2)21(26)23(4)22(3,20(16)25)15-24(23,18-11-7-5-8-12-18)19-13-9-6-10-14-19/h5-14H,15H2,1-4H3/t22-,23+/m0/s1. The highest BCUT2D eigenvalue weighted by Crippen LogP contribution is 2.73. The Morgan fingerprint density at radius 1 is 0.692 bits per heavy atom. The molecule has 0 aromatic heterocycles. The van der Waals surface area contributed by atoms with Crippen molar-refractivity contribution < 1.29 is 9.59 Å². The highest BCUT2D eigenvalue weighted by Gasteiger charge is 2.77. The molecule has 2 aromatic rings. The third-order valence-corrected chi connectivity index (χ3v) is 7.31. The number of fused-ring (bicyclic) bond motifs is 1. The van der Waals surface area contributed by atoms with E-state index in [0.29, 0.717) is 17.6 Å². The van der Waals surface area contributed by atoms with Crippen molar-refractivity contribution in [2.45, 2.75) is 39.5 Å². The molecular weight excluding hydrogens is 320 g/mol. The minimum absolute atomic E-state index is 0.107. The maximum atomic E-state index is 13.6. The van der Waals surface area contributed by atoms with Crippen LogP contribution in [0.4, 0.5) is 0 Å². The van der Waals surface area contributed by atoms with E-state index < -0.39 is 16.2 Å². The fourth-order valence-corrected chi connectivity index (χ4v) is 5.52. The number of Topliss-reactive ketones (excluding diaryl/α,β-unsaturated/α-hetero) is 2. The summed E-state index contributed by atoms with van der Waals surface area (Å²) in [5.74, 6) is 0.232. The number of ketones is 2. The highest BCUT2D eigenvalue weighted by molar-refractivity contribution is 6.19. The molecule has 2 nitrogen and oxygen atoms in total. The van der Waals surface area contributed by atoms with E-state index >= 15 is 0 Å². The molecule has 0 bridgehead atoms. The molecule has 1 saturated carbocycles. The SMILES string of the molecule is CC1=C(C)C(=O)[C@@]2(C)C(c3ccccc3)(c3ccccc3)C[C@@]2(C)C1=O. The van der Waals surface area contributed by atoms with E-state index in [1.807, 2.05) is 50.2 Å². The molecule has 2 aromatic carbocycles. The Balaban J connectivity index is 2.05. The van der Waals surface area contributed by atoms with Gasteiger partial charge in [0.15, 0.2) is 11.6 Å². The maximum Gasteiger partial charge on any atom is 0.167 e. The zero-order valence-electron chi connectivity index (χ0n) is 15.8. The number of hydrogen-bond donors (Lipinski definition) is 0. The van der Waals surface area contributed by atoms with Gasteiger partial charge in [0.1, 0.15) is 0 Å². The molecule has 1 fully saturated rings. The van der Waals surface area contributed by atoms with Crippen molar-refractivity contribution in [3.8, 4) is 0 Å². The van der Waals surface area contributed by atoms with Crippen molar-refractivity contribution in [1.29, 1.82) is 0 Å². The van der Waals surface area contributed by atoms with Crippen molar-refractivity contribution >= 4 is 11.6 Å². The monoisotopic (exact) mass is 344 g/mol. The zero-order chi connectivity index (χ0) is 18.7. The van der Waals surface area contributed by atoms with Gasteiger partial charge in [0.05, 0.1) is 5.41 Å². The number of carbonyl (C=O) groups excluding carboxylic acids is 2. The van der Waals surface area contributed by atoms with Crippen LogP contribution in [0.15, 0.2) is 71.8 Å². The summed E-state index contributed by atoms with van der Waals surface area (Å²) in [6.07, 6.45) is 0.652. The van der Waals surface area contributed by atoms with Crippen molar-refractivity contribution in [3.63, 3.8) is 0 Å². The smallest absolute Gasteiger partial charge is 0.167 e. The third-order valence-electron chi connectivity index (χ3n) is 7.31. The van der Waals surface area contributed by atoms with Crippen molar-refractivity contribution in [2.75, 3.05) is 0 Å². The highest BCUT2D eigenvalue weighted by atomic mass is 16.1. The maximum absolute atomic E-state index is 13.6. The van der Waals surface area contributed by atoms with Crippen LogP contribution < -0.4 is 0 Å². The van der Waals surface area contributed by atoms with Crippen LogP contribution >= 0.6 is 0 Å². The molecule has 0 aliphatic heterocycles. The Labute approximate surface area is 154 Å². The minimum Gasteiger partial charge on any atom is -0.294 e. The van der Waals surface area contributed by atoms with E-state index in [0.717, 1.165) is 11.1 Å². The van der Waals surface area contributed by atoms with Crippen LogP contribution in [-0.2, 0) is 15.0 Å². The van der Waals surface area contributed by atoms with E-state index in [-0.39, 0.29) is 11.6 Å². The molecular formula is C24H24O2. The summed E-state index contributed by atoms with van der Waals surface area (Å²) >= 11 is 0. The van der Waals surface area contributed by atoms with Gasteiger partial charge in [-0.3, -0.25) is 9.59 Å². The van der Waals surface area contributed by atoms with Gasteiger partial charge >= 0.3 is 0 Å². The van der Waals surface area contributed by atoms with E-state index in [1.54, 1.807) is 13.8 Å². The van der Waals surface area contributed by atoms with Gasteiger partial charge in [-0.15, -0.1) is 0 Å². The van der Waals surface area contributed by atoms with Crippen molar-refractivity contribution in [3.05, 3.63) is 82.9 Å². The zero-order valence-corrected chi connectivity index (χ0v) is 15.8. The van der Waals surface area contributed by atoms with Gasteiger partial charge < -0.3 is 0 Å². The van der Waals surface area contributed by atoms with Crippen molar-refractivity contribution in [2.24, 2.45) is 10.8 Å². The van der Waals surface area contributed by atoms with Crippen LogP contribution in [0.25, 0.3) is 0 Å². The lowest BCUT2D eigenvalue weighted by Crippen LogP contribution is -2.73. The van der Waals surface area contributed by atoms with Crippen LogP contribution in [-0.4, -0.2) is 11.6 Å². The average molecular weight is 344 g/mol. The van der Waals surface area contributed by atoms with Gasteiger partial charge in [0.25, 0.3) is 0 Å². The fourth-order valence-electron chi connectivity index (χ4n) is 5.52. The molecule has 0 spiro atoms. The molecule has 0 radical (unpaired) electrons. The van der Waals surface area contributed by atoms with Crippen molar-refractivity contribution in [1.82, 2.24) is 0 Å². The summed E-state index contributed by atoms with van der Waals surface area (Å²) < 4.78 is 0. The van der Waals surface area contributed by atoms with Crippen LogP contribution in [0.1, 0.15) is 45.2 Å². The van der Waals surface area contributed by atoms with Crippen LogP contribution in [0.5, 0.6) is 0 Å². The Morgan fingerprint density at radius 3 is 1.58 bits per heavy atom. The first kappa shape index (κ1) is 17.0. The summed E-state index contributed by atoms with van der Waals surface area (Å²) in [7, 11) is 0. The first-order chi connectivity index (χ1) is 12.3. The molecule has 4 rings (SSSR count). The van der Waals surface area contributed by atoms with E-state index in [4.69, 9.17) is 0 Å².